The maximum absolute atomic E-state index is 12.5. The van der Waals surface area contributed by atoms with Gasteiger partial charge in [0.15, 0.2) is 0 Å². The molecule has 29 heavy (non-hydrogen) atoms. The Morgan fingerprint density at radius 3 is 2.38 bits per heavy atom. The van der Waals surface area contributed by atoms with Gasteiger partial charge in [-0.15, -0.1) is 11.3 Å². The number of thiazole rings is 1. The van der Waals surface area contributed by atoms with E-state index in [-0.39, 0.29) is 17.3 Å². The van der Waals surface area contributed by atoms with Crippen molar-refractivity contribution in [3.8, 4) is 0 Å². The van der Waals surface area contributed by atoms with Crippen LogP contribution in [0.1, 0.15) is 18.9 Å². The molecule has 9 heteroatoms. The topological polar surface area (TPSA) is 91.4 Å². The summed E-state index contributed by atoms with van der Waals surface area (Å²) in [6.07, 6.45) is 0. The molecule has 0 unspecified atom stereocenters. The lowest BCUT2D eigenvalue weighted by Crippen LogP contribution is -2.30. The molecule has 7 nitrogen and oxygen atoms in total. The summed E-state index contributed by atoms with van der Waals surface area (Å²) in [5, 5.41) is 6.87. The van der Waals surface area contributed by atoms with Crippen LogP contribution in [0, 0.1) is 6.92 Å². The van der Waals surface area contributed by atoms with Crippen molar-refractivity contribution in [1.82, 2.24) is 9.29 Å². The molecule has 0 radical (unpaired) electrons. The highest BCUT2D eigenvalue weighted by Gasteiger charge is 2.21. The first-order valence-electron chi connectivity index (χ1n) is 9.34. The molecule has 2 aromatic carbocycles. The average Bonchev–Trinajstić information content (AvgIpc) is 3.07. The van der Waals surface area contributed by atoms with Gasteiger partial charge in [0.1, 0.15) is 0 Å². The number of benzene rings is 2. The van der Waals surface area contributed by atoms with Crippen molar-refractivity contribution < 1.29 is 13.2 Å². The Hall–Kier alpha value is -2.49. The third kappa shape index (κ3) is 4.92. The quantitative estimate of drug-likeness (QED) is 0.566. The molecule has 3 rings (SSSR count). The van der Waals surface area contributed by atoms with E-state index in [1.165, 1.54) is 16.4 Å². The van der Waals surface area contributed by atoms with Gasteiger partial charge in [-0.2, -0.15) is 4.31 Å². The fraction of sp³-hybridized carbons (Fsp3) is 0.300. The number of carbonyl (C=O) groups excluding carboxylic acids is 1. The van der Waals surface area contributed by atoms with Gasteiger partial charge in [0, 0.05) is 24.5 Å². The molecule has 1 amide bonds. The Morgan fingerprint density at radius 1 is 1.07 bits per heavy atom. The van der Waals surface area contributed by atoms with E-state index in [2.05, 4.69) is 15.6 Å². The number of sulfonamides is 1. The highest BCUT2D eigenvalue weighted by atomic mass is 32.2. The van der Waals surface area contributed by atoms with Crippen LogP contribution in [0.4, 0.5) is 11.4 Å². The van der Waals surface area contributed by atoms with Gasteiger partial charge in [-0.05, 0) is 49.4 Å². The predicted molar refractivity (Wildman–Crippen MR) is 118 cm³/mol. The first-order chi connectivity index (χ1) is 13.8. The van der Waals surface area contributed by atoms with Crippen LogP contribution in [-0.2, 0) is 14.8 Å². The van der Waals surface area contributed by atoms with E-state index in [1.807, 2.05) is 25.1 Å². The Balaban J connectivity index is 1.60. The van der Waals surface area contributed by atoms with Crippen molar-refractivity contribution in [2.75, 3.05) is 30.3 Å². The van der Waals surface area contributed by atoms with Crippen LogP contribution in [0.15, 0.2) is 47.4 Å². The van der Waals surface area contributed by atoms with Crippen molar-refractivity contribution in [1.29, 1.82) is 0 Å². The Morgan fingerprint density at radius 2 is 1.72 bits per heavy atom. The zero-order valence-corrected chi connectivity index (χ0v) is 18.2. The smallest absolute Gasteiger partial charge is 0.243 e. The number of hydrogen-bond donors (Lipinski definition) is 2. The molecule has 0 bridgehead atoms. The minimum absolute atomic E-state index is 0.1000. The van der Waals surface area contributed by atoms with Gasteiger partial charge in [-0.25, -0.2) is 13.4 Å². The van der Waals surface area contributed by atoms with Crippen molar-refractivity contribution >= 4 is 48.9 Å². The number of nitrogens with one attached hydrogen (secondary N) is 2. The summed E-state index contributed by atoms with van der Waals surface area (Å²) < 4.78 is 27.5. The molecule has 0 aliphatic rings. The van der Waals surface area contributed by atoms with E-state index in [0.717, 1.165) is 20.9 Å². The lowest BCUT2D eigenvalue weighted by molar-refractivity contribution is -0.114. The lowest BCUT2D eigenvalue weighted by Gasteiger charge is -2.18. The standard InChI is InChI=1S/C20H24N4O3S2/c1-4-24(5-2)29(26,27)17-9-6-15(7-10-17)23-20(25)13-21-16-8-11-18-19(12-16)28-14(3)22-18/h6-12,21H,4-5,13H2,1-3H3,(H,23,25). The molecule has 0 atom stereocenters. The number of amides is 1. The molecule has 0 saturated carbocycles. The molecule has 154 valence electrons. The SMILES string of the molecule is CCN(CC)S(=O)(=O)c1ccc(NC(=O)CNc2ccc3nc(C)sc3c2)cc1. The zero-order valence-electron chi connectivity index (χ0n) is 16.6. The predicted octanol–water partition coefficient (Wildman–Crippen LogP) is 3.69. The molecule has 0 fully saturated rings. The molecule has 2 N–H and O–H groups in total. The number of rotatable bonds is 8. The van der Waals surface area contributed by atoms with Crippen LogP contribution < -0.4 is 10.6 Å². The van der Waals surface area contributed by atoms with E-state index < -0.39 is 10.0 Å². The van der Waals surface area contributed by atoms with Crippen LogP contribution in [0.25, 0.3) is 10.2 Å². The summed E-state index contributed by atoms with van der Waals surface area (Å²) in [5.74, 6) is -0.218. The highest BCUT2D eigenvalue weighted by molar-refractivity contribution is 7.89. The molecule has 0 aliphatic heterocycles. The summed E-state index contributed by atoms with van der Waals surface area (Å²) in [7, 11) is -3.50. The van der Waals surface area contributed by atoms with Gasteiger partial charge in [0.25, 0.3) is 0 Å². The van der Waals surface area contributed by atoms with Gasteiger partial charge in [0.05, 0.1) is 26.7 Å². The summed E-state index contributed by atoms with van der Waals surface area (Å²) in [5.41, 5.74) is 2.34. The normalized spacial score (nSPS) is 11.7. The second-order valence-corrected chi connectivity index (χ2v) is 9.60. The number of hydrogen-bond acceptors (Lipinski definition) is 6. The number of fused-ring (bicyclic) bond motifs is 1. The van der Waals surface area contributed by atoms with Crippen LogP contribution in [-0.4, -0.2) is 43.2 Å². The molecule has 1 heterocycles. The molecule has 0 aliphatic carbocycles. The van der Waals surface area contributed by atoms with Gasteiger partial charge < -0.3 is 10.6 Å². The Bertz CT molecular complexity index is 1100. The van der Waals surface area contributed by atoms with E-state index in [9.17, 15) is 13.2 Å². The van der Waals surface area contributed by atoms with Crippen molar-refractivity contribution in [2.24, 2.45) is 0 Å². The van der Waals surface area contributed by atoms with Crippen molar-refractivity contribution in [3.63, 3.8) is 0 Å². The van der Waals surface area contributed by atoms with Crippen molar-refractivity contribution in [3.05, 3.63) is 47.5 Å². The van der Waals surface area contributed by atoms with Gasteiger partial charge >= 0.3 is 0 Å². The molecule has 0 saturated heterocycles. The summed E-state index contributed by atoms with van der Waals surface area (Å²) >= 11 is 1.61. The number of aryl methyl sites for hydroxylation is 1. The third-order valence-electron chi connectivity index (χ3n) is 4.43. The Kier molecular flexibility index (Phi) is 6.51. The second kappa shape index (κ2) is 8.89. The number of carbonyl (C=O) groups is 1. The lowest BCUT2D eigenvalue weighted by atomic mass is 10.3. The fourth-order valence-corrected chi connectivity index (χ4v) is 5.28. The van der Waals surface area contributed by atoms with Crippen LogP contribution in [0.2, 0.25) is 0 Å². The summed E-state index contributed by atoms with van der Waals surface area (Å²) in [6.45, 7) is 6.49. The van der Waals surface area contributed by atoms with Crippen LogP contribution in [0.3, 0.4) is 0 Å². The average molecular weight is 433 g/mol. The van der Waals surface area contributed by atoms with Gasteiger partial charge in [0.2, 0.25) is 15.9 Å². The minimum atomic E-state index is -3.50. The van der Waals surface area contributed by atoms with Crippen LogP contribution >= 0.6 is 11.3 Å². The second-order valence-electron chi connectivity index (χ2n) is 6.43. The number of aromatic nitrogens is 1. The zero-order chi connectivity index (χ0) is 21.0. The first kappa shape index (κ1) is 21.2. The monoisotopic (exact) mass is 432 g/mol. The van der Waals surface area contributed by atoms with E-state index in [1.54, 1.807) is 37.3 Å². The molecule has 3 aromatic rings. The summed E-state index contributed by atoms with van der Waals surface area (Å²) in [6, 6.07) is 12.0. The van der Waals surface area contributed by atoms with Gasteiger partial charge in [-0.1, -0.05) is 13.8 Å². The molecule has 0 spiro atoms. The first-order valence-corrected chi connectivity index (χ1v) is 11.6. The third-order valence-corrected chi connectivity index (χ3v) is 7.43. The minimum Gasteiger partial charge on any atom is -0.376 e. The molecular formula is C20H24N4O3S2. The maximum Gasteiger partial charge on any atom is 0.243 e. The highest BCUT2D eigenvalue weighted by Crippen LogP contribution is 2.24. The van der Waals surface area contributed by atoms with Crippen molar-refractivity contribution in [2.45, 2.75) is 25.7 Å². The largest absolute Gasteiger partial charge is 0.376 e. The number of anilines is 2. The Labute approximate surface area is 174 Å². The summed E-state index contributed by atoms with van der Waals surface area (Å²) in [4.78, 5) is 16.9. The van der Waals surface area contributed by atoms with E-state index in [4.69, 9.17) is 0 Å². The van der Waals surface area contributed by atoms with Gasteiger partial charge in [-0.3, -0.25) is 4.79 Å². The molecule has 1 aromatic heterocycles. The fourth-order valence-electron chi connectivity index (χ4n) is 2.96. The van der Waals surface area contributed by atoms with E-state index >= 15 is 0 Å². The molecular weight excluding hydrogens is 408 g/mol. The van der Waals surface area contributed by atoms with Crippen LogP contribution in [0.5, 0.6) is 0 Å². The number of nitrogens with zero attached hydrogens (tertiary/aromatic N) is 2. The maximum atomic E-state index is 12.5. The van der Waals surface area contributed by atoms with E-state index in [0.29, 0.717) is 18.8 Å².